The molecule has 0 aliphatic rings. The summed E-state index contributed by atoms with van der Waals surface area (Å²) in [5, 5.41) is 2.90. The number of halogens is 1. The molecule has 0 amide bonds. The number of fused-ring (bicyclic) bond motifs is 2. The quantitative estimate of drug-likeness (QED) is 0.429. The molecule has 0 saturated heterocycles. The number of para-hydroxylation sites is 1. The van der Waals surface area contributed by atoms with Gasteiger partial charge < -0.3 is 9.97 Å². The van der Waals surface area contributed by atoms with E-state index in [1.807, 2.05) is 23.4 Å². The molecule has 2 N–H and O–H groups in total. The zero-order valence-electron chi connectivity index (χ0n) is 17.1. The third-order valence-corrected chi connectivity index (χ3v) is 6.02. The molecule has 160 valence electrons. The summed E-state index contributed by atoms with van der Waals surface area (Å²) in [6.07, 6.45) is 0. The molecule has 0 saturated carbocycles. The zero-order chi connectivity index (χ0) is 22.2. The van der Waals surface area contributed by atoms with Crippen LogP contribution in [0.5, 0.6) is 0 Å². The van der Waals surface area contributed by atoms with Crippen molar-refractivity contribution in [3.05, 3.63) is 92.1 Å². The lowest BCUT2D eigenvalue weighted by Crippen LogP contribution is -2.24. The number of aromatic amines is 2. The van der Waals surface area contributed by atoms with E-state index in [2.05, 4.69) is 19.9 Å². The van der Waals surface area contributed by atoms with E-state index in [1.54, 1.807) is 30.3 Å². The summed E-state index contributed by atoms with van der Waals surface area (Å²) >= 11 is 1.37. The highest BCUT2D eigenvalue weighted by atomic mass is 32.1. The van der Waals surface area contributed by atoms with Gasteiger partial charge in [0.25, 0.3) is 11.1 Å². The first kappa shape index (κ1) is 20.2. The van der Waals surface area contributed by atoms with Crippen LogP contribution in [0.15, 0.2) is 63.5 Å². The smallest absolute Gasteiger partial charge is 0.260 e. The van der Waals surface area contributed by atoms with Crippen molar-refractivity contribution in [2.75, 3.05) is 7.05 Å². The number of H-pyrrole nitrogens is 2. The van der Waals surface area contributed by atoms with E-state index in [0.29, 0.717) is 45.9 Å². The summed E-state index contributed by atoms with van der Waals surface area (Å²) in [7, 11) is 1.86. The van der Waals surface area contributed by atoms with Crippen LogP contribution >= 0.6 is 11.3 Å². The number of nitrogens with zero attached hydrogens (tertiary/aromatic N) is 3. The fraction of sp³-hybridized carbons (Fsp3) is 0.130. The minimum absolute atomic E-state index is 0.182. The summed E-state index contributed by atoms with van der Waals surface area (Å²) < 4.78 is 13.2. The molecule has 0 radical (unpaired) electrons. The van der Waals surface area contributed by atoms with Gasteiger partial charge in [-0.15, -0.1) is 11.3 Å². The van der Waals surface area contributed by atoms with Crippen LogP contribution in [0.25, 0.3) is 32.2 Å². The summed E-state index contributed by atoms with van der Waals surface area (Å²) in [4.78, 5) is 42.4. The number of nitrogens with one attached hydrogen (secondary N) is 2. The van der Waals surface area contributed by atoms with Gasteiger partial charge in [0.05, 0.1) is 29.4 Å². The molecule has 0 bridgehead atoms. The Hall–Kier alpha value is -3.69. The Morgan fingerprint density at radius 1 is 0.938 bits per heavy atom. The average molecular weight is 447 g/mol. The predicted molar refractivity (Wildman–Crippen MR) is 123 cm³/mol. The molecular formula is C23H18FN5O2S. The molecule has 0 aliphatic carbocycles. The van der Waals surface area contributed by atoms with Gasteiger partial charge in [-0.1, -0.05) is 24.3 Å². The Kier molecular flexibility index (Phi) is 5.12. The maximum atomic E-state index is 13.2. The van der Waals surface area contributed by atoms with E-state index in [1.165, 1.54) is 23.5 Å². The highest BCUT2D eigenvalue weighted by molar-refractivity contribution is 7.17. The van der Waals surface area contributed by atoms with Gasteiger partial charge in [-0.3, -0.25) is 14.5 Å². The normalized spacial score (nSPS) is 11.6. The standard InChI is InChI=1S/C23H18FN5O2S/c1-29(10-18-25-17-5-3-2-4-15(17)21(30)26-18)11-19-27-22(31)20-16(12-32-23(20)28-19)13-6-8-14(24)9-7-13/h2-9,12H,10-11H2,1H3,(H,25,26,30)(H,27,28,31). The van der Waals surface area contributed by atoms with Gasteiger partial charge in [-0.2, -0.15) is 0 Å². The molecule has 5 rings (SSSR count). The Morgan fingerprint density at radius 3 is 2.41 bits per heavy atom. The highest BCUT2D eigenvalue weighted by Crippen LogP contribution is 2.30. The monoisotopic (exact) mass is 447 g/mol. The van der Waals surface area contributed by atoms with E-state index in [-0.39, 0.29) is 16.9 Å². The van der Waals surface area contributed by atoms with Gasteiger partial charge in [0, 0.05) is 10.9 Å². The first-order valence-corrected chi connectivity index (χ1v) is 10.8. The second-order valence-electron chi connectivity index (χ2n) is 7.55. The summed E-state index contributed by atoms with van der Waals surface area (Å²) in [6, 6.07) is 13.2. The van der Waals surface area contributed by atoms with Crippen LogP contribution in [-0.4, -0.2) is 31.9 Å². The molecule has 0 spiro atoms. The third kappa shape index (κ3) is 3.83. The molecule has 0 unspecified atom stereocenters. The van der Waals surface area contributed by atoms with Gasteiger partial charge in [0.15, 0.2) is 0 Å². The minimum Gasteiger partial charge on any atom is -0.309 e. The van der Waals surface area contributed by atoms with Crippen molar-refractivity contribution in [1.82, 2.24) is 24.8 Å². The van der Waals surface area contributed by atoms with Crippen LogP contribution < -0.4 is 11.1 Å². The Bertz CT molecular complexity index is 1560. The van der Waals surface area contributed by atoms with E-state index >= 15 is 0 Å². The van der Waals surface area contributed by atoms with Crippen LogP contribution in [-0.2, 0) is 13.1 Å². The van der Waals surface area contributed by atoms with Crippen LogP contribution in [0.3, 0.4) is 0 Å². The topological polar surface area (TPSA) is 94.7 Å². The lowest BCUT2D eigenvalue weighted by Gasteiger charge is -2.15. The van der Waals surface area contributed by atoms with Crippen LogP contribution in [0.2, 0.25) is 0 Å². The van der Waals surface area contributed by atoms with Crippen molar-refractivity contribution < 1.29 is 4.39 Å². The molecule has 7 nitrogen and oxygen atoms in total. The molecule has 0 fully saturated rings. The van der Waals surface area contributed by atoms with Crippen molar-refractivity contribution in [2.45, 2.75) is 13.1 Å². The lowest BCUT2D eigenvalue weighted by atomic mass is 10.1. The van der Waals surface area contributed by atoms with Gasteiger partial charge >= 0.3 is 0 Å². The molecule has 3 aromatic heterocycles. The molecule has 5 aromatic rings. The summed E-state index contributed by atoms with van der Waals surface area (Å²) in [5.41, 5.74) is 1.72. The maximum Gasteiger partial charge on any atom is 0.260 e. The van der Waals surface area contributed by atoms with Crippen molar-refractivity contribution in [1.29, 1.82) is 0 Å². The van der Waals surface area contributed by atoms with E-state index in [9.17, 15) is 14.0 Å². The van der Waals surface area contributed by atoms with Crippen LogP contribution in [0, 0.1) is 5.82 Å². The largest absolute Gasteiger partial charge is 0.309 e. The minimum atomic E-state index is -0.326. The third-order valence-electron chi connectivity index (χ3n) is 5.15. The van der Waals surface area contributed by atoms with Crippen molar-refractivity contribution >= 4 is 32.5 Å². The van der Waals surface area contributed by atoms with E-state index in [4.69, 9.17) is 0 Å². The molecule has 3 heterocycles. The Balaban J connectivity index is 1.40. The van der Waals surface area contributed by atoms with Crippen molar-refractivity contribution in [3.8, 4) is 11.1 Å². The van der Waals surface area contributed by atoms with E-state index < -0.39 is 0 Å². The predicted octanol–water partition coefficient (Wildman–Crippen LogP) is 3.66. The number of rotatable bonds is 5. The number of aromatic nitrogens is 4. The van der Waals surface area contributed by atoms with E-state index in [0.717, 1.165) is 11.1 Å². The first-order valence-electron chi connectivity index (χ1n) is 9.91. The van der Waals surface area contributed by atoms with Gasteiger partial charge in [0.2, 0.25) is 0 Å². The molecule has 0 atom stereocenters. The number of benzene rings is 2. The second-order valence-corrected chi connectivity index (χ2v) is 8.41. The fourth-order valence-electron chi connectivity index (χ4n) is 3.69. The van der Waals surface area contributed by atoms with Gasteiger partial charge in [0.1, 0.15) is 22.3 Å². The molecular weight excluding hydrogens is 429 g/mol. The molecule has 2 aromatic carbocycles. The molecule has 32 heavy (non-hydrogen) atoms. The Labute approximate surface area is 185 Å². The number of hydrogen-bond acceptors (Lipinski definition) is 6. The number of hydrogen-bond donors (Lipinski definition) is 2. The van der Waals surface area contributed by atoms with Crippen molar-refractivity contribution in [3.63, 3.8) is 0 Å². The first-order chi connectivity index (χ1) is 15.5. The SMILES string of the molecule is CN(Cc1nc2ccccc2c(=O)[nH]1)Cc1nc2scc(-c3ccc(F)cc3)c2c(=O)[nH]1. The number of thiophene rings is 1. The molecule has 9 heteroatoms. The Morgan fingerprint density at radius 2 is 1.62 bits per heavy atom. The average Bonchev–Trinajstić information content (AvgIpc) is 3.19. The van der Waals surface area contributed by atoms with Crippen LogP contribution in [0.4, 0.5) is 4.39 Å². The van der Waals surface area contributed by atoms with Gasteiger partial charge in [-0.05, 0) is 36.9 Å². The zero-order valence-corrected chi connectivity index (χ0v) is 17.9. The lowest BCUT2D eigenvalue weighted by molar-refractivity contribution is 0.303. The highest BCUT2D eigenvalue weighted by Gasteiger charge is 2.14. The van der Waals surface area contributed by atoms with Crippen molar-refractivity contribution in [2.24, 2.45) is 0 Å². The second kappa shape index (κ2) is 8.10. The fourth-order valence-corrected chi connectivity index (χ4v) is 4.65. The maximum absolute atomic E-state index is 13.2. The summed E-state index contributed by atoms with van der Waals surface area (Å²) in [6.45, 7) is 0.749. The van der Waals surface area contributed by atoms with Crippen LogP contribution in [0.1, 0.15) is 11.6 Å². The van der Waals surface area contributed by atoms with Gasteiger partial charge in [-0.25, -0.2) is 14.4 Å². The summed E-state index contributed by atoms with van der Waals surface area (Å²) in [5.74, 6) is 0.725. The molecule has 0 aliphatic heterocycles.